The zero-order chi connectivity index (χ0) is 16.6. The van der Waals surface area contributed by atoms with Crippen molar-refractivity contribution in [1.29, 1.82) is 0 Å². The van der Waals surface area contributed by atoms with Gasteiger partial charge >= 0.3 is 11.7 Å². The van der Waals surface area contributed by atoms with Crippen LogP contribution in [0.5, 0.6) is 0 Å². The van der Waals surface area contributed by atoms with Crippen molar-refractivity contribution in [2.24, 2.45) is 7.05 Å². The van der Waals surface area contributed by atoms with Crippen molar-refractivity contribution in [3.05, 3.63) is 34.7 Å². The predicted octanol–water partition coefficient (Wildman–Crippen LogP) is 0.806. The molecule has 1 atom stereocenters. The van der Waals surface area contributed by atoms with Crippen LogP contribution in [-0.4, -0.2) is 43.6 Å². The van der Waals surface area contributed by atoms with E-state index in [4.69, 9.17) is 5.11 Å². The number of likely N-dealkylation sites (tertiary alicyclic amines) is 1. The molecule has 1 fully saturated rings. The van der Waals surface area contributed by atoms with Crippen LogP contribution in [-0.2, 0) is 23.2 Å². The number of aliphatic carboxylic acids is 1. The van der Waals surface area contributed by atoms with Crippen molar-refractivity contribution in [3.63, 3.8) is 0 Å². The second-order valence-electron chi connectivity index (χ2n) is 5.90. The van der Waals surface area contributed by atoms with Gasteiger partial charge in [0.05, 0.1) is 17.5 Å². The Balaban J connectivity index is 1.87. The number of nitrogens with zero attached hydrogens (tertiary/aromatic N) is 3. The number of para-hydroxylation sites is 2. The van der Waals surface area contributed by atoms with E-state index in [1.165, 1.54) is 9.13 Å². The van der Waals surface area contributed by atoms with Crippen LogP contribution in [0.15, 0.2) is 29.1 Å². The molecule has 7 heteroatoms. The van der Waals surface area contributed by atoms with E-state index in [0.717, 1.165) is 11.9 Å². The van der Waals surface area contributed by atoms with Crippen molar-refractivity contribution >= 4 is 22.9 Å². The third-order valence-corrected chi connectivity index (χ3v) is 4.45. The maximum atomic E-state index is 12.6. The Morgan fingerprint density at radius 1 is 1.26 bits per heavy atom. The lowest BCUT2D eigenvalue weighted by Gasteiger charge is -2.23. The summed E-state index contributed by atoms with van der Waals surface area (Å²) in [4.78, 5) is 37.5. The SMILES string of the molecule is Cn1c(=O)n(CC(=O)N2CCCC2CC(=O)O)c2ccccc21. The number of benzene rings is 1. The molecule has 0 aliphatic carbocycles. The molecule has 1 aliphatic heterocycles. The number of hydrogen-bond donors (Lipinski definition) is 1. The Hall–Kier alpha value is -2.57. The zero-order valence-electron chi connectivity index (χ0n) is 12.9. The number of aromatic nitrogens is 2. The normalized spacial score (nSPS) is 17.8. The lowest BCUT2D eigenvalue weighted by molar-refractivity contribution is -0.140. The van der Waals surface area contributed by atoms with Crippen LogP contribution in [0.25, 0.3) is 11.0 Å². The Kier molecular flexibility index (Phi) is 3.94. The second-order valence-corrected chi connectivity index (χ2v) is 5.90. The molecule has 0 saturated carbocycles. The van der Waals surface area contributed by atoms with Gasteiger partial charge in [-0.15, -0.1) is 0 Å². The van der Waals surface area contributed by atoms with E-state index in [2.05, 4.69) is 0 Å². The fourth-order valence-corrected chi connectivity index (χ4v) is 3.32. The summed E-state index contributed by atoms with van der Waals surface area (Å²) >= 11 is 0. The van der Waals surface area contributed by atoms with Gasteiger partial charge in [-0.25, -0.2) is 4.79 Å². The standard InChI is InChI=1S/C16H19N3O4/c1-17-12-6-2-3-7-13(12)19(16(17)23)10-14(20)18-8-4-5-11(18)9-15(21)22/h2-3,6-7,11H,4-5,8-10H2,1H3,(H,21,22). The molecule has 0 spiro atoms. The third kappa shape index (κ3) is 2.74. The number of fused-ring (bicyclic) bond motifs is 1. The van der Waals surface area contributed by atoms with Crippen LogP contribution in [0.3, 0.4) is 0 Å². The highest BCUT2D eigenvalue weighted by atomic mass is 16.4. The summed E-state index contributed by atoms with van der Waals surface area (Å²) in [5.74, 6) is -1.11. The molecular weight excluding hydrogens is 298 g/mol. The monoisotopic (exact) mass is 317 g/mol. The molecule has 122 valence electrons. The van der Waals surface area contributed by atoms with Crippen LogP contribution in [0.2, 0.25) is 0 Å². The molecule has 2 heterocycles. The number of aryl methyl sites for hydroxylation is 1. The summed E-state index contributed by atoms with van der Waals surface area (Å²) in [5, 5.41) is 8.96. The Morgan fingerprint density at radius 2 is 1.96 bits per heavy atom. The zero-order valence-corrected chi connectivity index (χ0v) is 12.9. The van der Waals surface area contributed by atoms with Gasteiger partial charge in [0.1, 0.15) is 6.54 Å². The van der Waals surface area contributed by atoms with E-state index in [9.17, 15) is 14.4 Å². The summed E-state index contributed by atoms with van der Waals surface area (Å²) in [6, 6.07) is 7.04. The van der Waals surface area contributed by atoms with Crippen LogP contribution in [0, 0.1) is 0 Å². The molecule has 1 N–H and O–H groups in total. The van der Waals surface area contributed by atoms with E-state index in [0.29, 0.717) is 18.5 Å². The minimum Gasteiger partial charge on any atom is -0.481 e. The van der Waals surface area contributed by atoms with Gasteiger partial charge < -0.3 is 10.0 Å². The van der Waals surface area contributed by atoms with Gasteiger partial charge in [-0.2, -0.15) is 0 Å². The molecule has 7 nitrogen and oxygen atoms in total. The Bertz CT molecular complexity index is 820. The van der Waals surface area contributed by atoms with Crippen molar-refractivity contribution in [2.45, 2.75) is 31.8 Å². The Labute approximate surface area is 132 Å². The number of amides is 1. The number of carboxylic acid groups (broad SMARTS) is 1. The van der Waals surface area contributed by atoms with Gasteiger partial charge in [-0.05, 0) is 25.0 Å². The average molecular weight is 317 g/mol. The smallest absolute Gasteiger partial charge is 0.329 e. The topological polar surface area (TPSA) is 84.5 Å². The number of imidazole rings is 1. The van der Waals surface area contributed by atoms with Crippen molar-refractivity contribution in [2.75, 3.05) is 6.54 Å². The van der Waals surface area contributed by atoms with Crippen molar-refractivity contribution in [3.8, 4) is 0 Å². The van der Waals surface area contributed by atoms with Gasteiger partial charge in [0.2, 0.25) is 5.91 Å². The third-order valence-electron chi connectivity index (χ3n) is 4.45. The van der Waals surface area contributed by atoms with Crippen LogP contribution < -0.4 is 5.69 Å². The molecule has 1 unspecified atom stereocenters. The summed E-state index contributed by atoms with van der Waals surface area (Å²) in [7, 11) is 1.68. The van der Waals surface area contributed by atoms with E-state index < -0.39 is 5.97 Å². The molecule has 0 radical (unpaired) electrons. The lowest BCUT2D eigenvalue weighted by atomic mass is 10.1. The second kappa shape index (κ2) is 5.91. The molecule has 1 amide bonds. The van der Waals surface area contributed by atoms with E-state index in [1.807, 2.05) is 24.3 Å². The minimum absolute atomic E-state index is 0.0455. The number of carbonyl (C=O) groups is 2. The van der Waals surface area contributed by atoms with E-state index in [1.54, 1.807) is 11.9 Å². The fourth-order valence-electron chi connectivity index (χ4n) is 3.32. The van der Waals surface area contributed by atoms with Gasteiger partial charge in [0.25, 0.3) is 0 Å². The summed E-state index contributed by atoms with van der Waals surface area (Å²) in [6.07, 6.45) is 1.45. The number of hydrogen-bond acceptors (Lipinski definition) is 3. The first-order valence-corrected chi connectivity index (χ1v) is 7.64. The highest BCUT2D eigenvalue weighted by molar-refractivity contribution is 5.81. The van der Waals surface area contributed by atoms with Gasteiger partial charge in [-0.3, -0.25) is 18.7 Å². The van der Waals surface area contributed by atoms with E-state index >= 15 is 0 Å². The first-order chi connectivity index (χ1) is 11.0. The average Bonchev–Trinajstić information content (AvgIpc) is 3.06. The molecular formula is C16H19N3O4. The summed E-state index contributed by atoms with van der Waals surface area (Å²) < 4.78 is 2.97. The first kappa shape index (κ1) is 15.3. The minimum atomic E-state index is -0.906. The van der Waals surface area contributed by atoms with Gasteiger partial charge in [0, 0.05) is 19.6 Å². The van der Waals surface area contributed by atoms with E-state index in [-0.39, 0.29) is 30.6 Å². The molecule has 0 bridgehead atoms. The maximum Gasteiger partial charge on any atom is 0.329 e. The molecule has 2 aromatic rings. The number of carboxylic acids is 1. The molecule has 23 heavy (non-hydrogen) atoms. The fraction of sp³-hybridized carbons (Fsp3) is 0.438. The summed E-state index contributed by atoms with van der Waals surface area (Å²) in [5.41, 5.74) is 1.24. The summed E-state index contributed by atoms with van der Waals surface area (Å²) in [6.45, 7) is 0.493. The molecule has 1 aromatic carbocycles. The first-order valence-electron chi connectivity index (χ1n) is 7.64. The molecule has 1 aromatic heterocycles. The maximum absolute atomic E-state index is 12.6. The number of rotatable bonds is 4. The molecule has 1 saturated heterocycles. The highest BCUT2D eigenvalue weighted by Gasteiger charge is 2.30. The van der Waals surface area contributed by atoms with Crippen molar-refractivity contribution in [1.82, 2.24) is 14.0 Å². The van der Waals surface area contributed by atoms with Gasteiger partial charge in [0.15, 0.2) is 0 Å². The quantitative estimate of drug-likeness (QED) is 0.904. The Morgan fingerprint density at radius 3 is 2.65 bits per heavy atom. The van der Waals surface area contributed by atoms with Gasteiger partial charge in [-0.1, -0.05) is 12.1 Å². The highest BCUT2D eigenvalue weighted by Crippen LogP contribution is 2.21. The lowest BCUT2D eigenvalue weighted by Crippen LogP contribution is -2.40. The van der Waals surface area contributed by atoms with Crippen LogP contribution in [0.1, 0.15) is 19.3 Å². The van der Waals surface area contributed by atoms with Crippen LogP contribution in [0.4, 0.5) is 0 Å². The number of carbonyl (C=O) groups excluding carboxylic acids is 1. The largest absolute Gasteiger partial charge is 0.481 e. The predicted molar refractivity (Wildman–Crippen MR) is 84.2 cm³/mol. The van der Waals surface area contributed by atoms with Crippen molar-refractivity contribution < 1.29 is 14.7 Å². The molecule has 3 rings (SSSR count). The van der Waals surface area contributed by atoms with Crippen LogP contribution >= 0.6 is 0 Å². The molecule has 1 aliphatic rings.